The SMILES string of the molecule is CC(C)C1CCCC(NC2CCCCCC2)(C(N)=O)C1. The van der Waals surface area contributed by atoms with Gasteiger partial charge in [0.1, 0.15) is 0 Å². The summed E-state index contributed by atoms with van der Waals surface area (Å²) < 4.78 is 0. The van der Waals surface area contributed by atoms with E-state index in [9.17, 15) is 4.79 Å². The second-order valence-corrected chi connectivity index (χ2v) is 7.38. The molecular formula is C17H32N2O. The molecule has 3 heteroatoms. The normalized spacial score (nSPS) is 33.0. The van der Waals surface area contributed by atoms with E-state index in [0.29, 0.717) is 17.9 Å². The average Bonchev–Trinajstić information content (AvgIpc) is 2.67. The number of nitrogens with two attached hydrogens (primary N) is 1. The van der Waals surface area contributed by atoms with Gasteiger partial charge in [-0.3, -0.25) is 4.79 Å². The minimum Gasteiger partial charge on any atom is -0.368 e. The summed E-state index contributed by atoms with van der Waals surface area (Å²) >= 11 is 0. The molecule has 20 heavy (non-hydrogen) atoms. The van der Waals surface area contributed by atoms with Crippen molar-refractivity contribution in [3.8, 4) is 0 Å². The van der Waals surface area contributed by atoms with E-state index in [1.54, 1.807) is 0 Å². The van der Waals surface area contributed by atoms with E-state index < -0.39 is 5.54 Å². The first-order valence-corrected chi connectivity index (χ1v) is 8.61. The minimum absolute atomic E-state index is 0.118. The Morgan fingerprint density at radius 2 is 1.75 bits per heavy atom. The monoisotopic (exact) mass is 280 g/mol. The van der Waals surface area contributed by atoms with Gasteiger partial charge in [0.15, 0.2) is 0 Å². The molecule has 0 aromatic rings. The molecule has 2 aliphatic rings. The maximum Gasteiger partial charge on any atom is 0.237 e. The van der Waals surface area contributed by atoms with Crippen LogP contribution in [0.4, 0.5) is 0 Å². The summed E-state index contributed by atoms with van der Waals surface area (Å²) in [6, 6.07) is 0.496. The molecule has 0 bridgehead atoms. The Labute approximate surface area is 124 Å². The molecule has 0 aliphatic heterocycles. The molecule has 2 fully saturated rings. The van der Waals surface area contributed by atoms with Crippen molar-refractivity contribution in [2.24, 2.45) is 17.6 Å². The topological polar surface area (TPSA) is 55.1 Å². The number of nitrogens with one attached hydrogen (secondary N) is 1. The molecule has 0 heterocycles. The molecule has 0 spiro atoms. The summed E-state index contributed by atoms with van der Waals surface area (Å²) in [5, 5.41) is 3.72. The summed E-state index contributed by atoms with van der Waals surface area (Å²) in [5.74, 6) is 1.16. The van der Waals surface area contributed by atoms with Gasteiger partial charge in [-0.1, -0.05) is 52.4 Å². The highest BCUT2D eigenvalue weighted by Crippen LogP contribution is 2.37. The molecule has 2 atom stereocenters. The third-order valence-electron chi connectivity index (χ3n) is 5.54. The average molecular weight is 280 g/mol. The van der Waals surface area contributed by atoms with Gasteiger partial charge in [0.2, 0.25) is 5.91 Å². The molecular weight excluding hydrogens is 248 g/mol. The second-order valence-electron chi connectivity index (χ2n) is 7.38. The summed E-state index contributed by atoms with van der Waals surface area (Å²) in [5.41, 5.74) is 5.39. The van der Waals surface area contributed by atoms with Gasteiger partial charge >= 0.3 is 0 Å². The molecule has 2 unspecified atom stereocenters. The van der Waals surface area contributed by atoms with Crippen LogP contribution in [0.3, 0.4) is 0 Å². The zero-order valence-corrected chi connectivity index (χ0v) is 13.3. The van der Waals surface area contributed by atoms with Crippen LogP contribution in [0.5, 0.6) is 0 Å². The van der Waals surface area contributed by atoms with Crippen molar-refractivity contribution >= 4 is 5.91 Å². The van der Waals surface area contributed by atoms with Gasteiger partial charge in [-0.25, -0.2) is 0 Å². The zero-order chi connectivity index (χ0) is 14.6. The van der Waals surface area contributed by atoms with E-state index in [-0.39, 0.29) is 5.91 Å². The minimum atomic E-state index is -0.428. The summed E-state index contributed by atoms with van der Waals surface area (Å²) in [6.45, 7) is 4.54. The lowest BCUT2D eigenvalue weighted by atomic mass is 9.71. The molecule has 2 rings (SSSR count). The van der Waals surface area contributed by atoms with Gasteiger partial charge in [-0.15, -0.1) is 0 Å². The van der Waals surface area contributed by atoms with Crippen LogP contribution in [0.25, 0.3) is 0 Å². The number of rotatable bonds is 4. The molecule has 0 radical (unpaired) electrons. The van der Waals surface area contributed by atoms with Gasteiger partial charge in [0, 0.05) is 6.04 Å². The summed E-state index contributed by atoms with van der Waals surface area (Å²) in [6.07, 6.45) is 11.9. The van der Waals surface area contributed by atoms with Gasteiger partial charge < -0.3 is 11.1 Å². The fourth-order valence-corrected chi connectivity index (χ4v) is 4.13. The predicted octanol–water partition coefficient (Wildman–Crippen LogP) is 3.37. The first-order chi connectivity index (χ1) is 9.53. The molecule has 2 saturated carbocycles. The highest BCUT2D eigenvalue weighted by atomic mass is 16.1. The fourth-order valence-electron chi connectivity index (χ4n) is 4.13. The quantitative estimate of drug-likeness (QED) is 0.776. The highest BCUT2D eigenvalue weighted by Gasteiger charge is 2.43. The van der Waals surface area contributed by atoms with E-state index in [0.717, 1.165) is 19.3 Å². The number of hydrogen-bond acceptors (Lipinski definition) is 2. The van der Waals surface area contributed by atoms with E-state index >= 15 is 0 Å². The lowest BCUT2D eigenvalue weighted by Crippen LogP contribution is -2.61. The Morgan fingerprint density at radius 3 is 2.30 bits per heavy atom. The molecule has 3 nitrogen and oxygen atoms in total. The third kappa shape index (κ3) is 3.75. The molecule has 0 aromatic heterocycles. The van der Waals surface area contributed by atoms with Crippen LogP contribution in [-0.2, 0) is 4.79 Å². The van der Waals surface area contributed by atoms with E-state index in [2.05, 4.69) is 19.2 Å². The fraction of sp³-hybridized carbons (Fsp3) is 0.941. The maximum absolute atomic E-state index is 12.2. The van der Waals surface area contributed by atoms with Crippen LogP contribution in [0.1, 0.15) is 78.1 Å². The molecule has 116 valence electrons. The van der Waals surface area contributed by atoms with Gasteiger partial charge in [-0.05, 0) is 37.5 Å². The van der Waals surface area contributed by atoms with Gasteiger partial charge in [0.25, 0.3) is 0 Å². The Hall–Kier alpha value is -0.570. The van der Waals surface area contributed by atoms with Crippen molar-refractivity contribution in [3.63, 3.8) is 0 Å². The first-order valence-electron chi connectivity index (χ1n) is 8.61. The zero-order valence-electron chi connectivity index (χ0n) is 13.3. The standard InChI is InChI=1S/C17H32N2O/c1-13(2)14-8-7-11-17(12-14,16(18)20)19-15-9-5-3-4-6-10-15/h13-15,19H,3-12H2,1-2H3,(H2,18,20). The van der Waals surface area contributed by atoms with Crippen LogP contribution in [0.2, 0.25) is 0 Å². The van der Waals surface area contributed by atoms with E-state index in [1.807, 2.05) is 0 Å². The predicted molar refractivity (Wildman–Crippen MR) is 83.3 cm³/mol. The molecule has 2 aliphatic carbocycles. The van der Waals surface area contributed by atoms with Crippen LogP contribution in [-0.4, -0.2) is 17.5 Å². The maximum atomic E-state index is 12.2. The Morgan fingerprint density at radius 1 is 1.10 bits per heavy atom. The second kappa shape index (κ2) is 6.93. The number of carbonyl (C=O) groups is 1. The Balaban J connectivity index is 2.06. The molecule has 0 aromatic carbocycles. The van der Waals surface area contributed by atoms with Crippen molar-refractivity contribution in [1.82, 2.24) is 5.32 Å². The number of primary amides is 1. The van der Waals surface area contributed by atoms with Crippen LogP contribution in [0, 0.1) is 11.8 Å². The lowest BCUT2D eigenvalue weighted by Gasteiger charge is -2.43. The molecule has 3 N–H and O–H groups in total. The lowest BCUT2D eigenvalue weighted by molar-refractivity contribution is -0.127. The van der Waals surface area contributed by atoms with Gasteiger partial charge in [0.05, 0.1) is 5.54 Å². The van der Waals surface area contributed by atoms with Crippen molar-refractivity contribution in [3.05, 3.63) is 0 Å². The third-order valence-corrected chi connectivity index (χ3v) is 5.54. The van der Waals surface area contributed by atoms with Gasteiger partial charge in [-0.2, -0.15) is 0 Å². The molecule has 0 saturated heterocycles. The van der Waals surface area contributed by atoms with E-state index in [4.69, 9.17) is 5.73 Å². The summed E-state index contributed by atoms with van der Waals surface area (Å²) in [4.78, 5) is 12.2. The van der Waals surface area contributed by atoms with Crippen molar-refractivity contribution in [2.45, 2.75) is 89.6 Å². The Bertz CT molecular complexity index is 321. The van der Waals surface area contributed by atoms with Crippen LogP contribution >= 0.6 is 0 Å². The smallest absolute Gasteiger partial charge is 0.237 e. The van der Waals surface area contributed by atoms with Crippen molar-refractivity contribution in [2.75, 3.05) is 0 Å². The number of hydrogen-bond donors (Lipinski definition) is 2. The van der Waals surface area contributed by atoms with E-state index in [1.165, 1.54) is 44.9 Å². The number of carbonyl (C=O) groups excluding carboxylic acids is 1. The van der Waals surface area contributed by atoms with Crippen molar-refractivity contribution in [1.29, 1.82) is 0 Å². The molecule has 1 amide bonds. The number of amides is 1. The van der Waals surface area contributed by atoms with Crippen LogP contribution < -0.4 is 11.1 Å². The van der Waals surface area contributed by atoms with Crippen LogP contribution in [0.15, 0.2) is 0 Å². The summed E-state index contributed by atoms with van der Waals surface area (Å²) in [7, 11) is 0. The van der Waals surface area contributed by atoms with Crippen molar-refractivity contribution < 1.29 is 4.79 Å². The largest absolute Gasteiger partial charge is 0.368 e. The first kappa shape index (κ1) is 15.8. The Kier molecular flexibility index (Phi) is 5.48. The highest BCUT2D eigenvalue weighted by molar-refractivity contribution is 5.84.